The number of benzene rings is 1. The Morgan fingerprint density at radius 3 is 2.81 bits per heavy atom. The minimum atomic E-state index is -0.816. The Morgan fingerprint density at radius 2 is 2.17 bits per heavy atom. The molecule has 0 aliphatic heterocycles. The SMILES string of the molecule is CCO.N=CC(=NN)c1cc(F)c(OCc2nnc(SC3C=CCCC3)n2-c2cccnc2)cc1F. The summed E-state index contributed by atoms with van der Waals surface area (Å²) in [7, 11) is 0. The predicted molar refractivity (Wildman–Crippen MR) is 135 cm³/mol. The zero-order valence-corrected chi connectivity index (χ0v) is 20.5. The largest absolute Gasteiger partial charge is 0.482 e. The number of aliphatic hydroxyl groups excluding tert-OH is 1. The van der Waals surface area contributed by atoms with Crippen molar-refractivity contribution >= 4 is 23.7 Å². The van der Waals surface area contributed by atoms with Crippen molar-refractivity contribution in [3.63, 3.8) is 0 Å². The highest BCUT2D eigenvalue weighted by Crippen LogP contribution is 2.31. The summed E-state index contributed by atoms with van der Waals surface area (Å²) >= 11 is 1.58. The van der Waals surface area contributed by atoms with E-state index in [1.165, 1.54) is 0 Å². The topological polar surface area (TPSA) is 135 Å². The third kappa shape index (κ3) is 6.73. The van der Waals surface area contributed by atoms with Crippen LogP contribution in [0.3, 0.4) is 0 Å². The van der Waals surface area contributed by atoms with Gasteiger partial charge in [-0.05, 0) is 44.4 Å². The predicted octanol–water partition coefficient (Wildman–Crippen LogP) is 4.03. The third-order valence-electron chi connectivity index (χ3n) is 5.00. The maximum absolute atomic E-state index is 14.6. The first-order chi connectivity index (χ1) is 17.5. The lowest BCUT2D eigenvalue weighted by Gasteiger charge is -2.16. The van der Waals surface area contributed by atoms with E-state index in [4.69, 9.17) is 21.1 Å². The number of nitrogens with two attached hydrogens (primary N) is 1. The van der Waals surface area contributed by atoms with Crippen molar-refractivity contribution in [3.8, 4) is 11.4 Å². The second kappa shape index (κ2) is 13.4. The van der Waals surface area contributed by atoms with Crippen LogP contribution in [-0.4, -0.2) is 48.6 Å². The molecule has 0 radical (unpaired) electrons. The quantitative estimate of drug-likeness (QED) is 0.178. The van der Waals surface area contributed by atoms with Crippen LogP contribution < -0.4 is 10.6 Å². The second-order valence-corrected chi connectivity index (χ2v) is 8.69. The van der Waals surface area contributed by atoms with E-state index in [2.05, 4.69) is 32.4 Å². The molecule has 1 unspecified atom stereocenters. The number of ether oxygens (including phenoxy) is 1. The molecular weight excluding hydrogens is 488 g/mol. The van der Waals surface area contributed by atoms with Gasteiger partial charge >= 0.3 is 0 Å². The van der Waals surface area contributed by atoms with Crippen molar-refractivity contribution < 1.29 is 18.6 Å². The van der Waals surface area contributed by atoms with E-state index < -0.39 is 11.6 Å². The van der Waals surface area contributed by atoms with Crippen LogP contribution in [0.2, 0.25) is 0 Å². The zero-order valence-electron chi connectivity index (χ0n) is 19.6. The fraction of sp³-hybridized carbons (Fsp3) is 0.292. The van der Waals surface area contributed by atoms with Gasteiger partial charge in [0.2, 0.25) is 0 Å². The highest BCUT2D eigenvalue weighted by Gasteiger charge is 2.21. The maximum atomic E-state index is 14.6. The minimum absolute atomic E-state index is 0.152. The lowest BCUT2D eigenvalue weighted by Crippen LogP contribution is -2.11. The van der Waals surface area contributed by atoms with E-state index in [-0.39, 0.29) is 35.5 Å². The summed E-state index contributed by atoms with van der Waals surface area (Å²) in [6.45, 7) is 1.78. The van der Waals surface area contributed by atoms with Crippen molar-refractivity contribution in [1.82, 2.24) is 19.7 Å². The van der Waals surface area contributed by atoms with Crippen molar-refractivity contribution in [2.75, 3.05) is 6.61 Å². The number of pyridine rings is 1. The average Bonchev–Trinajstić information content (AvgIpc) is 3.29. The molecule has 1 aliphatic carbocycles. The number of aliphatic hydroxyl groups is 1. The van der Waals surface area contributed by atoms with Crippen LogP contribution in [0.1, 0.15) is 37.6 Å². The van der Waals surface area contributed by atoms with Crippen molar-refractivity contribution in [2.24, 2.45) is 10.9 Å². The molecule has 2 heterocycles. The summed E-state index contributed by atoms with van der Waals surface area (Å²) in [4.78, 5) is 4.17. The van der Waals surface area contributed by atoms with E-state index in [1.54, 1.807) is 41.7 Å². The van der Waals surface area contributed by atoms with Crippen LogP contribution in [0.15, 0.2) is 59.1 Å². The molecule has 2 aromatic heterocycles. The van der Waals surface area contributed by atoms with Gasteiger partial charge in [-0.2, -0.15) is 5.10 Å². The molecule has 1 aromatic carbocycles. The highest BCUT2D eigenvalue weighted by molar-refractivity contribution is 7.99. The molecule has 4 rings (SSSR count). The van der Waals surface area contributed by atoms with Gasteiger partial charge in [0, 0.05) is 35.9 Å². The van der Waals surface area contributed by atoms with E-state index in [0.29, 0.717) is 11.0 Å². The van der Waals surface area contributed by atoms with Gasteiger partial charge in [0.05, 0.1) is 11.9 Å². The molecule has 1 atom stereocenters. The average molecular weight is 516 g/mol. The van der Waals surface area contributed by atoms with Crippen molar-refractivity contribution in [3.05, 3.63) is 71.8 Å². The van der Waals surface area contributed by atoms with Gasteiger partial charge in [-0.15, -0.1) is 10.2 Å². The zero-order chi connectivity index (χ0) is 25.9. The number of halogens is 2. The Kier molecular flexibility index (Phi) is 10.1. The molecule has 9 nitrogen and oxygen atoms in total. The maximum Gasteiger partial charge on any atom is 0.196 e. The van der Waals surface area contributed by atoms with E-state index >= 15 is 0 Å². The lowest BCUT2D eigenvalue weighted by atomic mass is 10.1. The van der Waals surface area contributed by atoms with Gasteiger partial charge < -0.3 is 21.1 Å². The molecule has 0 saturated carbocycles. The number of hydrogen-bond donors (Lipinski definition) is 3. The van der Waals surface area contributed by atoms with Crippen LogP contribution >= 0.6 is 11.8 Å². The first-order valence-electron chi connectivity index (χ1n) is 11.2. The standard InChI is InChI=1S/C22H21F2N7OS.C2H6O/c23-17-10-20(18(24)9-16(17)19(11-25)28-26)32-13-21-29-30-22(33-15-6-2-1-3-7-15)31(21)14-5-4-8-27-12-14;1-2-3/h2,4-6,8-12,15,25H,1,3,7,13,26H2;3H,2H2,1H3. The fourth-order valence-corrected chi connectivity index (χ4v) is 4.54. The monoisotopic (exact) mass is 515 g/mol. The number of hydrogen-bond acceptors (Lipinski definition) is 9. The number of thioether (sulfide) groups is 1. The van der Waals surface area contributed by atoms with Gasteiger partial charge in [0.1, 0.15) is 18.1 Å². The normalized spacial score (nSPS) is 15.2. The molecule has 190 valence electrons. The summed E-state index contributed by atoms with van der Waals surface area (Å²) in [5, 5.41) is 27.6. The summed E-state index contributed by atoms with van der Waals surface area (Å²) in [5.41, 5.74) is 0.322. The van der Waals surface area contributed by atoms with E-state index in [0.717, 1.165) is 43.3 Å². The number of aromatic nitrogens is 4. The molecule has 36 heavy (non-hydrogen) atoms. The number of nitrogens with one attached hydrogen (secondary N) is 1. The minimum Gasteiger partial charge on any atom is -0.482 e. The molecular formula is C24H27F2N7O2S. The van der Waals surface area contributed by atoms with Gasteiger partial charge in [-0.25, -0.2) is 8.78 Å². The Morgan fingerprint density at radius 1 is 1.36 bits per heavy atom. The molecule has 0 saturated heterocycles. The van der Waals surface area contributed by atoms with Crippen LogP contribution in [0.4, 0.5) is 8.78 Å². The first kappa shape index (κ1) is 27.0. The van der Waals surface area contributed by atoms with Crippen LogP contribution in [0.25, 0.3) is 5.69 Å². The molecule has 3 aromatic rings. The Bertz CT molecular complexity index is 1220. The summed E-state index contributed by atoms with van der Waals surface area (Å²) < 4.78 is 36.4. The summed E-state index contributed by atoms with van der Waals surface area (Å²) in [6, 6.07) is 5.44. The smallest absolute Gasteiger partial charge is 0.196 e. The second-order valence-electron chi connectivity index (χ2n) is 7.49. The first-order valence-corrected chi connectivity index (χ1v) is 12.1. The van der Waals surface area contributed by atoms with Crippen LogP contribution in [0.5, 0.6) is 5.75 Å². The molecule has 0 spiro atoms. The summed E-state index contributed by atoms with van der Waals surface area (Å²) in [6.07, 6.45) is 11.6. The number of hydrazone groups is 1. The highest BCUT2D eigenvalue weighted by atomic mass is 32.2. The molecule has 12 heteroatoms. The lowest BCUT2D eigenvalue weighted by molar-refractivity contribution is 0.276. The number of nitrogens with zero attached hydrogens (tertiary/aromatic N) is 5. The molecule has 0 bridgehead atoms. The molecule has 0 amide bonds. The molecule has 0 fully saturated rings. The number of rotatable bonds is 8. The van der Waals surface area contributed by atoms with Crippen molar-refractivity contribution in [2.45, 2.75) is 43.2 Å². The fourth-order valence-electron chi connectivity index (χ4n) is 3.39. The van der Waals surface area contributed by atoms with Gasteiger partial charge in [0.25, 0.3) is 0 Å². The van der Waals surface area contributed by atoms with E-state index in [1.807, 2.05) is 6.07 Å². The Balaban J connectivity index is 0.00000115. The van der Waals surface area contributed by atoms with Crippen LogP contribution in [-0.2, 0) is 6.61 Å². The van der Waals surface area contributed by atoms with Gasteiger partial charge in [-0.3, -0.25) is 9.55 Å². The van der Waals surface area contributed by atoms with E-state index in [9.17, 15) is 8.78 Å². The third-order valence-corrected chi connectivity index (χ3v) is 6.17. The Labute approximate surface area is 211 Å². The van der Waals surface area contributed by atoms with Crippen molar-refractivity contribution in [1.29, 1.82) is 5.41 Å². The molecule has 1 aliphatic rings. The summed E-state index contributed by atoms with van der Waals surface area (Å²) in [5.74, 6) is 3.62. The van der Waals surface area contributed by atoms with Gasteiger partial charge in [0.15, 0.2) is 22.5 Å². The van der Waals surface area contributed by atoms with Crippen LogP contribution in [0, 0.1) is 17.0 Å². The number of allylic oxidation sites excluding steroid dienone is 1. The Hall–Kier alpha value is -3.64. The molecule has 4 N–H and O–H groups in total. The van der Waals surface area contributed by atoms with Gasteiger partial charge in [-0.1, -0.05) is 23.9 Å².